The molecule has 4 nitrogen and oxygen atoms in total. The summed E-state index contributed by atoms with van der Waals surface area (Å²) in [6.07, 6.45) is 0. The first-order valence-corrected chi connectivity index (χ1v) is 17.1. The van der Waals surface area contributed by atoms with Gasteiger partial charge < -0.3 is 4.42 Å². The van der Waals surface area contributed by atoms with E-state index in [9.17, 15) is 0 Å². The van der Waals surface area contributed by atoms with Crippen molar-refractivity contribution in [3.05, 3.63) is 176 Å². The number of nitrogens with zero attached hydrogens (tertiary/aromatic N) is 3. The van der Waals surface area contributed by atoms with Crippen molar-refractivity contribution in [3.8, 4) is 56.4 Å². The van der Waals surface area contributed by atoms with E-state index in [-0.39, 0.29) is 0 Å². The number of furan rings is 1. The number of benzene rings is 8. The zero-order valence-corrected chi connectivity index (χ0v) is 27.5. The first-order valence-electron chi connectivity index (χ1n) is 17.1. The molecule has 2 heterocycles. The van der Waals surface area contributed by atoms with Gasteiger partial charge in [0.25, 0.3) is 0 Å². The van der Waals surface area contributed by atoms with Gasteiger partial charge >= 0.3 is 0 Å². The average molecular weight is 652 g/mol. The van der Waals surface area contributed by atoms with Gasteiger partial charge in [0, 0.05) is 38.4 Å². The topological polar surface area (TPSA) is 51.8 Å². The van der Waals surface area contributed by atoms with E-state index < -0.39 is 0 Å². The lowest BCUT2D eigenvalue weighted by Gasteiger charge is -2.10. The highest BCUT2D eigenvalue weighted by molar-refractivity contribution is 6.21. The van der Waals surface area contributed by atoms with Crippen LogP contribution in [0.15, 0.2) is 180 Å². The molecule has 0 radical (unpaired) electrons. The van der Waals surface area contributed by atoms with E-state index in [2.05, 4.69) is 115 Å². The number of fused-ring (bicyclic) bond motifs is 6. The molecule has 0 fully saturated rings. The molecular weight excluding hydrogens is 623 g/mol. The van der Waals surface area contributed by atoms with Crippen LogP contribution in [0, 0.1) is 0 Å². The Kier molecular flexibility index (Phi) is 6.78. The maximum Gasteiger partial charge on any atom is 0.164 e. The molecule has 10 aromatic rings. The SMILES string of the molecule is c1ccc(-c2nc(-c3ccccc3)nc(-c3cccc(-c4cccc5c4oc4c6ccccc6c(-c6ccc7ccccc7c6)cc54)c3)n2)cc1. The minimum absolute atomic E-state index is 0.618. The summed E-state index contributed by atoms with van der Waals surface area (Å²) in [5, 5.41) is 6.91. The highest BCUT2D eigenvalue weighted by Crippen LogP contribution is 2.43. The molecule has 0 amide bonds. The van der Waals surface area contributed by atoms with Gasteiger partial charge in [0.15, 0.2) is 17.5 Å². The quantitative estimate of drug-likeness (QED) is 0.186. The van der Waals surface area contributed by atoms with Crippen molar-refractivity contribution in [1.29, 1.82) is 0 Å². The Balaban J connectivity index is 1.14. The number of rotatable bonds is 5. The van der Waals surface area contributed by atoms with Gasteiger partial charge in [-0.15, -0.1) is 0 Å². The smallest absolute Gasteiger partial charge is 0.164 e. The fourth-order valence-corrected chi connectivity index (χ4v) is 7.21. The lowest BCUT2D eigenvalue weighted by atomic mass is 9.93. The van der Waals surface area contributed by atoms with Crippen LogP contribution in [0.5, 0.6) is 0 Å². The van der Waals surface area contributed by atoms with Gasteiger partial charge in [-0.1, -0.05) is 158 Å². The number of aromatic nitrogens is 3. The molecule has 10 rings (SSSR count). The van der Waals surface area contributed by atoms with Crippen molar-refractivity contribution in [2.24, 2.45) is 0 Å². The largest absolute Gasteiger partial charge is 0.455 e. The van der Waals surface area contributed by atoms with E-state index in [1.165, 1.54) is 27.3 Å². The molecule has 0 saturated heterocycles. The van der Waals surface area contributed by atoms with E-state index in [1.54, 1.807) is 0 Å². The van der Waals surface area contributed by atoms with Gasteiger partial charge in [-0.25, -0.2) is 15.0 Å². The Morgan fingerprint density at radius 2 is 0.824 bits per heavy atom. The predicted molar refractivity (Wildman–Crippen MR) is 209 cm³/mol. The Hall–Kier alpha value is -6.91. The van der Waals surface area contributed by atoms with Crippen molar-refractivity contribution < 1.29 is 4.42 Å². The summed E-state index contributed by atoms with van der Waals surface area (Å²) in [6, 6.07) is 61.0. The van der Waals surface area contributed by atoms with Crippen LogP contribution in [0.4, 0.5) is 0 Å². The Bertz CT molecular complexity index is 2860. The minimum atomic E-state index is 0.618. The zero-order chi connectivity index (χ0) is 33.7. The predicted octanol–water partition coefficient (Wildman–Crippen LogP) is 12.4. The van der Waals surface area contributed by atoms with Gasteiger partial charge in [-0.2, -0.15) is 0 Å². The summed E-state index contributed by atoms with van der Waals surface area (Å²) in [7, 11) is 0. The molecule has 0 aliphatic rings. The summed E-state index contributed by atoms with van der Waals surface area (Å²) in [6.45, 7) is 0. The van der Waals surface area contributed by atoms with E-state index in [0.717, 1.165) is 55.1 Å². The molecule has 0 aliphatic heterocycles. The van der Waals surface area contributed by atoms with E-state index >= 15 is 0 Å². The first-order chi connectivity index (χ1) is 25.3. The molecule has 0 bridgehead atoms. The second-order valence-electron chi connectivity index (χ2n) is 12.8. The third-order valence-electron chi connectivity index (χ3n) is 9.70. The van der Waals surface area contributed by atoms with Crippen molar-refractivity contribution >= 4 is 43.5 Å². The van der Waals surface area contributed by atoms with Gasteiger partial charge in [0.05, 0.1) is 0 Å². The maximum absolute atomic E-state index is 6.87. The average Bonchev–Trinajstić information content (AvgIpc) is 3.60. The van der Waals surface area contributed by atoms with E-state index in [4.69, 9.17) is 19.4 Å². The fraction of sp³-hybridized carbons (Fsp3) is 0. The second-order valence-corrected chi connectivity index (χ2v) is 12.8. The highest BCUT2D eigenvalue weighted by atomic mass is 16.3. The Morgan fingerprint density at radius 1 is 0.294 bits per heavy atom. The van der Waals surface area contributed by atoms with Crippen LogP contribution >= 0.6 is 0 Å². The van der Waals surface area contributed by atoms with Crippen LogP contribution in [0.1, 0.15) is 0 Å². The van der Waals surface area contributed by atoms with Crippen LogP contribution in [0.25, 0.3) is 99.9 Å². The third kappa shape index (κ3) is 5.04. The standard InChI is InChI=1S/C47H29N3O/c1-3-14-31(15-4-1)45-48-46(32-16-5-2-6-17-32)50-47(49-45)36-20-11-19-34(28-36)37-23-12-24-40-42-29-41(35-26-25-30-13-7-8-18-33(30)27-35)38-21-9-10-22-39(38)44(42)51-43(37)40/h1-29H. The lowest BCUT2D eigenvalue weighted by Crippen LogP contribution is -2.00. The van der Waals surface area contributed by atoms with Crippen molar-refractivity contribution in [1.82, 2.24) is 15.0 Å². The van der Waals surface area contributed by atoms with Gasteiger partial charge in [-0.3, -0.25) is 0 Å². The lowest BCUT2D eigenvalue weighted by molar-refractivity contribution is 0.674. The molecule has 0 N–H and O–H groups in total. The van der Waals surface area contributed by atoms with Crippen molar-refractivity contribution in [2.45, 2.75) is 0 Å². The molecular formula is C47H29N3O. The first kappa shape index (κ1) is 29.0. The summed E-state index contributed by atoms with van der Waals surface area (Å²) in [5.74, 6) is 1.89. The van der Waals surface area contributed by atoms with E-state index in [1.807, 2.05) is 60.7 Å². The molecule has 2 aromatic heterocycles. The minimum Gasteiger partial charge on any atom is -0.455 e. The zero-order valence-electron chi connectivity index (χ0n) is 27.5. The molecule has 238 valence electrons. The second kappa shape index (κ2) is 11.9. The van der Waals surface area contributed by atoms with Crippen LogP contribution in [-0.2, 0) is 0 Å². The maximum atomic E-state index is 6.87. The van der Waals surface area contributed by atoms with Gasteiger partial charge in [-0.05, 0) is 51.0 Å². The fourth-order valence-electron chi connectivity index (χ4n) is 7.21. The highest BCUT2D eigenvalue weighted by Gasteiger charge is 2.19. The number of para-hydroxylation sites is 1. The number of hydrogen-bond donors (Lipinski definition) is 0. The molecule has 4 heteroatoms. The van der Waals surface area contributed by atoms with Crippen LogP contribution < -0.4 is 0 Å². The summed E-state index contributed by atoms with van der Waals surface area (Å²) in [5.41, 5.74) is 8.96. The summed E-state index contributed by atoms with van der Waals surface area (Å²) < 4.78 is 6.87. The van der Waals surface area contributed by atoms with Crippen LogP contribution in [0.3, 0.4) is 0 Å². The molecule has 51 heavy (non-hydrogen) atoms. The summed E-state index contributed by atoms with van der Waals surface area (Å²) >= 11 is 0. The van der Waals surface area contributed by atoms with Crippen molar-refractivity contribution in [2.75, 3.05) is 0 Å². The van der Waals surface area contributed by atoms with E-state index in [0.29, 0.717) is 17.5 Å². The number of hydrogen-bond acceptors (Lipinski definition) is 4. The molecule has 0 unspecified atom stereocenters. The van der Waals surface area contributed by atoms with Crippen LogP contribution in [0.2, 0.25) is 0 Å². The monoisotopic (exact) mass is 651 g/mol. The Morgan fingerprint density at radius 3 is 1.57 bits per heavy atom. The third-order valence-corrected chi connectivity index (χ3v) is 9.70. The van der Waals surface area contributed by atoms with Gasteiger partial charge in [0.1, 0.15) is 11.2 Å². The molecule has 0 saturated carbocycles. The molecule has 0 aliphatic carbocycles. The summed E-state index contributed by atoms with van der Waals surface area (Å²) in [4.78, 5) is 14.8. The van der Waals surface area contributed by atoms with Crippen molar-refractivity contribution in [3.63, 3.8) is 0 Å². The Labute approximate surface area is 294 Å². The van der Waals surface area contributed by atoms with Crippen LogP contribution in [-0.4, -0.2) is 15.0 Å². The molecule has 0 atom stereocenters. The van der Waals surface area contributed by atoms with Gasteiger partial charge in [0.2, 0.25) is 0 Å². The normalized spacial score (nSPS) is 11.5. The molecule has 8 aromatic carbocycles. The molecule has 0 spiro atoms.